The molecule has 0 unspecified atom stereocenters. The zero-order valence-corrected chi connectivity index (χ0v) is 14.0. The molecule has 26 heavy (non-hydrogen) atoms. The second-order valence-electron chi connectivity index (χ2n) is 5.40. The third kappa shape index (κ3) is 4.29. The highest BCUT2D eigenvalue weighted by molar-refractivity contribution is 5.55. The Hall–Kier alpha value is -3.56. The summed E-state index contributed by atoms with van der Waals surface area (Å²) in [5, 5.41) is 0. The standard InChI is InChI=1S/C23H14F2O/c1-26-21-12-8-18(9-13-21)10-14-22-19(15-20(24)16-23(22)25)11-7-17-5-3-2-4-6-17/h2-6,8-9,12-13,15-16H,1H3. The summed E-state index contributed by atoms with van der Waals surface area (Å²) in [4.78, 5) is 0. The minimum absolute atomic E-state index is 0.0747. The molecule has 0 heterocycles. The summed E-state index contributed by atoms with van der Waals surface area (Å²) in [6.07, 6.45) is 0. The summed E-state index contributed by atoms with van der Waals surface area (Å²) < 4.78 is 32.9. The summed E-state index contributed by atoms with van der Waals surface area (Å²) in [5.74, 6) is 10.6. The van der Waals surface area contributed by atoms with Gasteiger partial charge in [0, 0.05) is 22.8 Å². The highest BCUT2D eigenvalue weighted by atomic mass is 19.1. The van der Waals surface area contributed by atoms with Gasteiger partial charge in [0.15, 0.2) is 0 Å². The van der Waals surface area contributed by atoms with Crippen LogP contribution in [0, 0.1) is 35.3 Å². The molecule has 3 aromatic rings. The van der Waals surface area contributed by atoms with Gasteiger partial charge in [-0.05, 0) is 42.5 Å². The van der Waals surface area contributed by atoms with Gasteiger partial charge >= 0.3 is 0 Å². The van der Waals surface area contributed by atoms with E-state index < -0.39 is 11.6 Å². The molecule has 1 nitrogen and oxygen atoms in total. The molecule has 0 aliphatic carbocycles. The first-order chi connectivity index (χ1) is 12.7. The van der Waals surface area contributed by atoms with Crippen molar-refractivity contribution in [2.45, 2.75) is 0 Å². The number of benzene rings is 3. The van der Waals surface area contributed by atoms with Crippen LogP contribution in [0.3, 0.4) is 0 Å². The average Bonchev–Trinajstić information content (AvgIpc) is 2.66. The summed E-state index contributed by atoms with van der Waals surface area (Å²) in [7, 11) is 1.58. The van der Waals surface area contributed by atoms with Crippen LogP contribution in [0.4, 0.5) is 8.78 Å². The van der Waals surface area contributed by atoms with E-state index >= 15 is 0 Å². The van der Waals surface area contributed by atoms with E-state index in [0.717, 1.165) is 11.6 Å². The highest BCUT2D eigenvalue weighted by Gasteiger charge is 2.08. The number of hydrogen-bond acceptors (Lipinski definition) is 1. The Kier molecular flexibility index (Phi) is 5.32. The first-order valence-electron chi connectivity index (χ1n) is 7.88. The Morgan fingerprint density at radius 3 is 2.08 bits per heavy atom. The maximum Gasteiger partial charge on any atom is 0.143 e. The zero-order valence-electron chi connectivity index (χ0n) is 14.0. The van der Waals surface area contributed by atoms with Crippen LogP contribution in [-0.2, 0) is 0 Å². The van der Waals surface area contributed by atoms with Crippen LogP contribution in [0.15, 0.2) is 66.7 Å². The van der Waals surface area contributed by atoms with Crippen LogP contribution in [-0.4, -0.2) is 7.11 Å². The van der Waals surface area contributed by atoms with Crippen molar-refractivity contribution < 1.29 is 13.5 Å². The molecule has 0 radical (unpaired) electrons. The number of methoxy groups -OCH3 is 1. The van der Waals surface area contributed by atoms with Gasteiger partial charge < -0.3 is 4.74 Å². The molecular formula is C23H14F2O. The lowest BCUT2D eigenvalue weighted by molar-refractivity contribution is 0.415. The lowest BCUT2D eigenvalue weighted by Crippen LogP contribution is -1.93. The first-order valence-corrected chi connectivity index (χ1v) is 7.88. The fourth-order valence-electron chi connectivity index (χ4n) is 2.27. The Morgan fingerprint density at radius 2 is 1.38 bits per heavy atom. The Bertz CT molecular complexity index is 1030. The van der Waals surface area contributed by atoms with Crippen LogP contribution >= 0.6 is 0 Å². The largest absolute Gasteiger partial charge is 0.497 e. The molecular weight excluding hydrogens is 330 g/mol. The fourth-order valence-corrected chi connectivity index (χ4v) is 2.27. The Morgan fingerprint density at radius 1 is 0.731 bits per heavy atom. The molecule has 0 aromatic heterocycles. The molecule has 126 valence electrons. The van der Waals surface area contributed by atoms with Crippen LogP contribution < -0.4 is 4.74 Å². The van der Waals surface area contributed by atoms with Crippen LogP contribution in [0.5, 0.6) is 5.75 Å². The van der Waals surface area contributed by atoms with Crippen LogP contribution in [0.2, 0.25) is 0 Å². The van der Waals surface area contributed by atoms with E-state index in [0.29, 0.717) is 11.3 Å². The fraction of sp³-hybridized carbons (Fsp3) is 0.0435. The minimum Gasteiger partial charge on any atom is -0.497 e. The lowest BCUT2D eigenvalue weighted by atomic mass is 10.1. The summed E-state index contributed by atoms with van der Waals surface area (Å²) in [5.41, 5.74) is 1.74. The SMILES string of the molecule is COc1ccc(C#Cc2c(F)cc(F)cc2C#Cc2ccccc2)cc1. The first kappa shape index (κ1) is 17.3. The molecule has 0 aliphatic rings. The minimum atomic E-state index is -0.733. The third-order valence-electron chi connectivity index (χ3n) is 3.59. The number of ether oxygens (including phenoxy) is 1. The number of hydrogen-bond donors (Lipinski definition) is 0. The quantitative estimate of drug-likeness (QED) is 0.578. The van der Waals surface area contributed by atoms with Crippen molar-refractivity contribution in [3.8, 4) is 29.4 Å². The Balaban J connectivity index is 1.99. The average molecular weight is 344 g/mol. The molecule has 0 saturated heterocycles. The van der Waals surface area contributed by atoms with Gasteiger partial charge in [0.25, 0.3) is 0 Å². The zero-order chi connectivity index (χ0) is 18.4. The van der Waals surface area contributed by atoms with Crippen molar-refractivity contribution in [1.29, 1.82) is 0 Å². The predicted molar refractivity (Wildman–Crippen MR) is 97.8 cm³/mol. The van der Waals surface area contributed by atoms with Gasteiger partial charge in [-0.15, -0.1) is 0 Å². The maximum absolute atomic E-state index is 14.2. The molecule has 0 atom stereocenters. The van der Waals surface area contributed by atoms with Crippen molar-refractivity contribution in [2.24, 2.45) is 0 Å². The molecule has 0 spiro atoms. The molecule has 0 aliphatic heterocycles. The predicted octanol–water partition coefficient (Wildman–Crippen LogP) is 4.77. The third-order valence-corrected chi connectivity index (χ3v) is 3.59. The van der Waals surface area contributed by atoms with E-state index in [-0.39, 0.29) is 11.1 Å². The number of halogens is 2. The molecule has 0 fully saturated rings. The van der Waals surface area contributed by atoms with E-state index in [1.54, 1.807) is 31.4 Å². The molecule has 3 heteroatoms. The smallest absolute Gasteiger partial charge is 0.143 e. The van der Waals surface area contributed by atoms with Crippen molar-refractivity contribution in [2.75, 3.05) is 7.11 Å². The van der Waals surface area contributed by atoms with Gasteiger partial charge in [-0.1, -0.05) is 41.9 Å². The molecule has 0 amide bonds. The topological polar surface area (TPSA) is 9.23 Å². The summed E-state index contributed by atoms with van der Waals surface area (Å²) >= 11 is 0. The van der Waals surface area contributed by atoms with E-state index in [4.69, 9.17) is 4.74 Å². The van der Waals surface area contributed by atoms with Crippen molar-refractivity contribution in [3.63, 3.8) is 0 Å². The summed E-state index contributed by atoms with van der Waals surface area (Å²) in [6, 6.07) is 18.3. The molecule has 0 N–H and O–H groups in total. The number of rotatable bonds is 1. The van der Waals surface area contributed by atoms with Gasteiger partial charge in [0.05, 0.1) is 12.7 Å². The van der Waals surface area contributed by atoms with E-state index in [9.17, 15) is 8.78 Å². The summed E-state index contributed by atoms with van der Waals surface area (Å²) in [6.45, 7) is 0. The maximum atomic E-state index is 14.2. The van der Waals surface area contributed by atoms with E-state index in [2.05, 4.69) is 23.7 Å². The lowest BCUT2D eigenvalue weighted by Gasteiger charge is -2.00. The molecule has 0 bridgehead atoms. The monoisotopic (exact) mass is 344 g/mol. The van der Waals surface area contributed by atoms with Crippen molar-refractivity contribution >= 4 is 0 Å². The second kappa shape index (κ2) is 8.01. The molecule has 3 aromatic carbocycles. The van der Waals surface area contributed by atoms with Crippen LogP contribution in [0.25, 0.3) is 0 Å². The van der Waals surface area contributed by atoms with Gasteiger partial charge in [-0.2, -0.15) is 0 Å². The normalized spacial score (nSPS) is 9.50. The van der Waals surface area contributed by atoms with Gasteiger partial charge in [-0.3, -0.25) is 0 Å². The molecule has 3 rings (SSSR count). The highest BCUT2D eigenvalue weighted by Crippen LogP contribution is 2.16. The molecule has 0 saturated carbocycles. The van der Waals surface area contributed by atoms with Gasteiger partial charge in [0.2, 0.25) is 0 Å². The second-order valence-corrected chi connectivity index (χ2v) is 5.40. The van der Waals surface area contributed by atoms with Gasteiger partial charge in [0.1, 0.15) is 17.4 Å². The van der Waals surface area contributed by atoms with Gasteiger partial charge in [-0.25, -0.2) is 8.78 Å². The van der Waals surface area contributed by atoms with E-state index in [1.165, 1.54) is 6.07 Å². The van der Waals surface area contributed by atoms with E-state index in [1.807, 2.05) is 30.3 Å². The van der Waals surface area contributed by atoms with Crippen LogP contribution in [0.1, 0.15) is 22.3 Å². The van der Waals surface area contributed by atoms with Crippen molar-refractivity contribution in [1.82, 2.24) is 0 Å². The Labute approximate surface area is 151 Å². The van der Waals surface area contributed by atoms with Crippen molar-refractivity contribution in [3.05, 3.63) is 101 Å².